The summed E-state index contributed by atoms with van der Waals surface area (Å²) < 4.78 is 46.3. The van der Waals surface area contributed by atoms with Crippen molar-refractivity contribution in [3.63, 3.8) is 0 Å². The molecule has 40 heavy (non-hydrogen) atoms. The topological polar surface area (TPSA) is 43.4 Å². The normalized spacial score (nSPS) is 17.3. The van der Waals surface area contributed by atoms with Crippen LogP contribution >= 0.6 is 0 Å². The highest BCUT2D eigenvalue weighted by molar-refractivity contribution is 6.25. The predicted molar refractivity (Wildman–Crippen MR) is 149 cm³/mol. The third kappa shape index (κ3) is 4.15. The molecule has 1 aliphatic carbocycles. The zero-order valence-electron chi connectivity index (χ0n) is 21.9. The largest absolute Gasteiger partial charge is 0.497 e. The summed E-state index contributed by atoms with van der Waals surface area (Å²) in [4.78, 5) is 28.3. The van der Waals surface area contributed by atoms with Crippen molar-refractivity contribution in [3.8, 4) is 5.75 Å². The molecular weight excluding hydrogens is 513 g/mol. The lowest BCUT2D eigenvalue weighted by Crippen LogP contribution is -2.37. The minimum absolute atomic E-state index is 0.0336. The number of benzene rings is 5. The van der Waals surface area contributed by atoms with Gasteiger partial charge in [-0.1, -0.05) is 72.8 Å². The van der Waals surface area contributed by atoms with Crippen LogP contribution in [0.25, 0.3) is 21.5 Å². The number of fused-ring (bicyclic) bond motifs is 5. The van der Waals surface area contributed by atoms with E-state index in [2.05, 4.69) is 0 Å². The molecule has 0 fully saturated rings. The van der Waals surface area contributed by atoms with Gasteiger partial charge in [-0.05, 0) is 75.3 Å². The van der Waals surface area contributed by atoms with Crippen LogP contribution in [0.4, 0.5) is 13.2 Å². The number of methoxy groups -OCH3 is 1. The number of ketones is 2. The molecule has 6 rings (SSSR count). The fourth-order valence-electron chi connectivity index (χ4n) is 6.04. The van der Waals surface area contributed by atoms with Crippen LogP contribution in [-0.2, 0) is 17.4 Å². The van der Waals surface area contributed by atoms with Crippen molar-refractivity contribution < 1.29 is 27.5 Å². The number of rotatable bonds is 4. The second-order valence-electron chi connectivity index (χ2n) is 10.2. The number of carbonyl (C=O) groups is 2. The highest BCUT2D eigenvalue weighted by Gasteiger charge is 2.43. The summed E-state index contributed by atoms with van der Waals surface area (Å²) in [6.45, 7) is 1.40. The van der Waals surface area contributed by atoms with Crippen molar-refractivity contribution in [2.45, 2.75) is 25.4 Å². The van der Waals surface area contributed by atoms with Crippen molar-refractivity contribution in [2.75, 3.05) is 7.11 Å². The van der Waals surface area contributed by atoms with Crippen LogP contribution in [0.15, 0.2) is 91.0 Å². The van der Waals surface area contributed by atoms with E-state index >= 15 is 0 Å². The molecule has 0 saturated carbocycles. The van der Waals surface area contributed by atoms with Crippen molar-refractivity contribution in [1.29, 1.82) is 0 Å². The van der Waals surface area contributed by atoms with Gasteiger partial charge in [0.15, 0.2) is 11.6 Å². The summed E-state index contributed by atoms with van der Waals surface area (Å²) >= 11 is 0. The van der Waals surface area contributed by atoms with Crippen molar-refractivity contribution >= 4 is 33.1 Å². The first-order valence-corrected chi connectivity index (χ1v) is 13.0. The molecule has 0 saturated heterocycles. The molecule has 200 valence electrons. The minimum Gasteiger partial charge on any atom is -0.497 e. The number of ether oxygens (including phenoxy) is 1. The van der Waals surface area contributed by atoms with Gasteiger partial charge >= 0.3 is 6.18 Å². The Hall–Kier alpha value is -4.45. The molecule has 6 heteroatoms. The Balaban J connectivity index is 1.56. The molecule has 0 heterocycles. The summed E-state index contributed by atoms with van der Waals surface area (Å²) in [5, 5.41) is 3.64. The average Bonchev–Trinajstić information content (AvgIpc) is 2.95. The summed E-state index contributed by atoms with van der Waals surface area (Å²) in [7, 11) is 1.55. The molecule has 0 aromatic heterocycles. The van der Waals surface area contributed by atoms with Crippen LogP contribution in [0.2, 0.25) is 0 Å². The molecule has 3 nitrogen and oxygen atoms in total. The summed E-state index contributed by atoms with van der Waals surface area (Å²) in [5.41, 5.74) is 1.38. The van der Waals surface area contributed by atoms with E-state index in [4.69, 9.17) is 4.74 Å². The van der Waals surface area contributed by atoms with Crippen LogP contribution < -0.4 is 4.74 Å². The van der Waals surface area contributed by atoms with Crippen LogP contribution in [0, 0.1) is 12.8 Å². The van der Waals surface area contributed by atoms with E-state index in [0.29, 0.717) is 28.0 Å². The Morgan fingerprint density at radius 3 is 2.23 bits per heavy atom. The first-order valence-electron chi connectivity index (χ1n) is 13.0. The van der Waals surface area contributed by atoms with E-state index < -0.39 is 23.6 Å². The lowest BCUT2D eigenvalue weighted by molar-refractivity contribution is -0.138. The molecule has 5 aromatic carbocycles. The van der Waals surface area contributed by atoms with Gasteiger partial charge in [-0.15, -0.1) is 0 Å². The van der Waals surface area contributed by atoms with Gasteiger partial charge in [0.25, 0.3) is 0 Å². The second kappa shape index (κ2) is 9.63. The smallest absolute Gasteiger partial charge is 0.416 e. The maximum atomic E-state index is 14.2. The van der Waals surface area contributed by atoms with Gasteiger partial charge < -0.3 is 4.74 Å². The summed E-state index contributed by atoms with van der Waals surface area (Å²) in [6, 6.07) is 26.6. The Labute approximate surface area is 229 Å². The van der Waals surface area contributed by atoms with Gasteiger partial charge in [0.1, 0.15) is 5.75 Å². The Morgan fingerprint density at radius 1 is 0.775 bits per heavy atom. The highest BCUT2D eigenvalue weighted by atomic mass is 19.4. The van der Waals surface area contributed by atoms with E-state index in [-0.39, 0.29) is 23.6 Å². The predicted octanol–water partition coefficient (Wildman–Crippen LogP) is 8.09. The van der Waals surface area contributed by atoms with Gasteiger partial charge in [0.2, 0.25) is 0 Å². The molecule has 0 spiro atoms. The molecule has 0 bridgehead atoms. The van der Waals surface area contributed by atoms with Crippen molar-refractivity contribution in [3.05, 3.63) is 124 Å². The average molecular weight is 539 g/mol. The fraction of sp³-hybridized carbons (Fsp3) is 0.176. The van der Waals surface area contributed by atoms with E-state index in [1.54, 1.807) is 37.4 Å². The molecular formula is C34H25F3O3. The first kappa shape index (κ1) is 25.8. The number of hydrogen-bond acceptors (Lipinski definition) is 3. The third-order valence-corrected chi connectivity index (χ3v) is 8.08. The monoisotopic (exact) mass is 538 g/mol. The number of Topliss-reactive ketones (excluding diaryl/α,β-unsaturated/α-hetero) is 2. The standard InChI is InChI=1S/C34H25F3O3/c1-19-22(7-5-9-29(19)34(35,36)37)18-28-32(38)30(21-10-13-23(40-2)14-11-21)27-17-16-25-24-8-4-3-6-20(24)12-15-26(25)31(27)33(28)39/h3-17,28,30H,18H2,1-2H3. The highest BCUT2D eigenvalue weighted by Crippen LogP contribution is 2.43. The lowest BCUT2D eigenvalue weighted by atomic mass is 9.69. The molecule has 0 amide bonds. The molecule has 0 N–H and O–H groups in total. The molecule has 1 aliphatic rings. The Morgan fingerprint density at radius 2 is 1.50 bits per heavy atom. The quantitative estimate of drug-likeness (QED) is 0.172. The number of halogens is 3. The summed E-state index contributed by atoms with van der Waals surface area (Å²) in [6.07, 6.45) is -4.64. The van der Waals surface area contributed by atoms with E-state index in [0.717, 1.165) is 27.6 Å². The van der Waals surface area contributed by atoms with Crippen LogP contribution in [-0.4, -0.2) is 18.7 Å². The number of alkyl halides is 3. The van der Waals surface area contributed by atoms with Gasteiger partial charge in [0, 0.05) is 5.56 Å². The zero-order chi connectivity index (χ0) is 28.2. The van der Waals surface area contributed by atoms with Crippen molar-refractivity contribution in [2.24, 2.45) is 5.92 Å². The van der Waals surface area contributed by atoms with Gasteiger partial charge in [-0.2, -0.15) is 13.2 Å². The van der Waals surface area contributed by atoms with E-state index in [1.807, 2.05) is 48.5 Å². The first-order chi connectivity index (χ1) is 19.2. The van der Waals surface area contributed by atoms with Crippen molar-refractivity contribution in [1.82, 2.24) is 0 Å². The Bertz CT molecular complexity index is 1800. The summed E-state index contributed by atoms with van der Waals surface area (Å²) in [5.74, 6) is -1.92. The Kier molecular flexibility index (Phi) is 6.21. The number of carbonyl (C=O) groups excluding carboxylic acids is 2. The number of hydrogen-bond donors (Lipinski definition) is 0. The molecule has 5 aromatic rings. The molecule has 0 aliphatic heterocycles. The second-order valence-corrected chi connectivity index (χ2v) is 10.2. The van der Waals surface area contributed by atoms with Gasteiger partial charge in [-0.25, -0.2) is 0 Å². The third-order valence-electron chi connectivity index (χ3n) is 8.08. The maximum absolute atomic E-state index is 14.2. The van der Waals surface area contributed by atoms with E-state index in [1.165, 1.54) is 13.0 Å². The maximum Gasteiger partial charge on any atom is 0.416 e. The van der Waals surface area contributed by atoms with Crippen LogP contribution in [0.1, 0.15) is 44.1 Å². The zero-order valence-corrected chi connectivity index (χ0v) is 21.9. The lowest BCUT2D eigenvalue weighted by Gasteiger charge is -2.31. The van der Waals surface area contributed by atoms with Crippen LogP contribution in [0.3, 0.4) is 0 Å². The SMILES string of the molecule is COc1ccc(C2C(=O)C(Cc3cccc(C(F)(F)F)c3C)C(=O)c3c2ccc2c3ccc3ccccc32)cc1. The van der Waals surface area contributed by atoms with Gasteiger partial charge in [-0.3, -0.25) is 9.59 Å². The minimum atomic E-state index is -4.53. The molecule has 0 radical (unpaired) electrons. The molecule has 2 unspecified atom stereocenters. The van der Waals surface area contributed by atoms with Crippen LogP contribution in [0.5, 0.6) is 5.75 Å². The molecule has 2 atom stereocenters. The van der Waals surface area contributed by atoms with Gasteiger partial charge in [0.05, 0.1) is 24.5 Å². The van der Waals surface area contributed by atoms with E-state index in [9.17, 15) is 22.8 Å². The fourth-order valence-corrected chi connectivity index (χ4v) is 6.04.